The van der Waals surface area contributed by atoms with E-state index in [-0.39, 0.29) is 0 Å². The van der Waals surface area contributed by atoms with Gasteiger partial charge >= 0.3 is 0 Å². The predicted octanol–water partition coefficient (Wildman–Crippen LogP) is 4.22. The Morgan fingerprint density at radius 3 is 2.56 bits per heavy atom. The van der Waals surface area contributed by atoms with Gasteiger partial charge in [0.1, 0.15) is 0 Å². The van der Waals surface area contributed by atoms with Gasteiger partial charge < -0.3 is 5.32 Å². The Labute approximate surface area is 117 Å². The summed E-state index contributed by atoms with van der Waals surface area (Å²) < 4.78 is 0. The van der Waals surface area contributed by atoms with Gasteiger partial charge in [-0.3, -0.25) is 0 Å². The zero-order valence-electron chi connectivity index (χ0n) is 11.9. The summed E-state index contributed by atoms with van der Waals surface area (Å²) in [5.74, 6) is 3.49. The molecule has 4 atom stereocenters. The maximum Gasteiger partial charge on any atom is 0.0201 e. The third-order valence-corrected chi connectivity index (χ3v) is 6.61. The number of hydrogen-bond donors (Lipinski definition) is 1. The molecule has 104 valence electrons. The molecule has 3 saturated carbocycles. The summed E-state index contributed by atoms with van der Waals surface area (Å²) in [6.45, 7) is 2.31. The number of nitrogens with one attached hydrogen (secondary N) is 1. The molecule has 3 rings (SSSR count). The molecule has 0 aliphatic heterocycles. The summed E-state index contributed by atoms with van der Waals surface area (Å²) in [7, 11) is 0. The molecule has 4 unspecified atom stereocenters. The van der Waals surface area contributed by atoms with Crippen LogP contribution in [0.25, 0.3) is 0 Å². The Morgan fingerprint density at radius 2 is 1.78 bits per heavy atom. The molecule has 1 nitrogen and oxygen atoms in total. The van der Waals surface area contributed by atoms with E-state index in [1.165, 1.54) is 63.5 Å². The van der Waals surface area contributed by atoms with Gasteiger partial charge in [-0.25, -0.2) is 0 Å². The lowest BCUT2D eigenvalue weighted by Gasteiger charge is -2.33. The molecule has 0 saturated heterocycles. The van der Waals surface area contributed by atoms with Crippen molar-refractivity contribution in [3.05, 3.63) is 0 Å². The smallest absolute Gasteiger partial charge is 0.0201 e. The molecule has 0 radical (unpaired) electrons. The predicted molar refractivity (Wildman–Crippen MR) is 81.2 cm³/mol. The van der Waals surface area contributed by atoms with Crippen LogP contribution in [0.5, 0.6) is 0 Å². The van der Waals surface area contributed by atoms with Gasteiger partial charge in [0.05, 0.1) is 0 Å². The zero-order valence-corrected chi connectivity index (χ0v) is 12.7. The van der Waals surface area contributed by atoms with Crippen LogP contribution in [0.4, 0.5) is 0 Å². The van der Waals surface area contributed by atoms with Crippen molar-refractivity contribution < 1.29 is 0 Å². The van der Waals surface area contributed by atoms with Crippen molar-refractivity contribution in [2.45, 2.75) is 82.0 Å². The fourth-order valence-corrected chi connectivity index (χ4v) is 5.42. The van der Waals surface area contributed by atoms with Crippen molar-refractivity contribution in [3.8, 4) is 0 Å². The molecule has 0 spiro atoms. The molecular weight excluding hydrogens is 238 g/mol. The minimum Gasteiger partial charge on any atom is -0.310 e. The second-order valence-corrected chi connectivity index (χ2v) is 8.18. The van der Waals surface area contributed by atoms with Gasteiger partial charge in [0.25, 0.3) is 0 Å². The maximum absolute atomic E-state index is 4.04. The fourth-order valence-electron chi connectivity index (χ4n) is 4.21. The van der Waals surface area contributed by atoms with Crippen LogP contribution in [0.3, 0.4) is 0 Å². The van der Waals surface area contributed by atoms with Crippen LogP contribution in [-0.4, -0.2) is 23.1 Å². The average molecular weight is 267 g/mol. The van der Waals surface area contributed by atoms with Gasteiger partial charge in [-0.15, -0.1) is 0 Å². The van der Waals surface area contributed by atoms with Crippen LogP contribution >= 0.6 is 11.8 Å². The Balaban J connectivity index is 1.48. The van der Waals surface area contributed by atoms with E-state index >= 15 is 0 Å². The van der Waals surface area contributed by atoms with Gasteiger partial charge in [-0.1, -0.05) is 26.2 Å². The van der Waals surface area contributed by atoms with E-state index in [1.807, 2.05) is 0 Å². The highest BCUT2D eigenvalue weighted by Crippen LogP contribution is 2.44. The fraction of sp³-hybridized carbons (Fsp3) is 1.00. The van der Waals surface area contributed by atoms with Gasteiger partial charge in [0.2, 0.25) is 0 Å². The molecule has 0 aromatic rings. The van der Waals surface area contributed by atoms with Crippen molar-refractivity contribution in [1.82, 2.24) is 5.32 Å². The minimum absolute atomic E-state index is 0.831. The first-order valence-electron chi connectivity index (χ1n) is 8.24. The first kappa shape index (κ1) is 13.3. The van der Waals surface area contributed by atoms with E-state index in [0.29, 0.717) is 0 Å². The standard InChI is InChI=1S/C16H29NS/c1-2-18-16-8-4-7-15(16)17-14-6-3-5-13(11-14)12-9-10-12/h12-17H,2-11H2,1H3. The zero-order chi connectivity index (χ0) is 12.4. The van der Waals surface area contributed by atoms with Crippen LogP contribution in [-0.2, 0) is 0 Å². The van der Waals surface area contributed by atoms with Crippen LogP contribution in [0, 0.1) is 11.8 Å². The molecule has 2 heteroatoms. The lowest BCUT2D eigenvalue weighted by atomic mass is 9.82. The molecule has 18 heavy (non-hydrogen) atoms. The Morgan fingerprint density at radius 1 is 0.944 bits per heavy atom. The third-order valence-electron chi connectivity index (χ3n) is 5.29. The third kappa shape index (κ3) is 3.25. The van der Waals surface area contributed by atoms with Crippen molar-refractivity contribution in [3.63, 3.8) is 0 Å². The summed E-state index contributed by atoms with van der Waals surface area (Å²) in [4.78, 5) is 0. The van der Waals surface area contributed by atoms with Gasteiger partial charge in [0.15, 0.2) is 0 Å². The van der Waals surface area contributed by atoms with Crippen LogP contribution < -0.4 is 5.32 Å². The molecule has 3 fully saturated rings. The van der Waals surface area contributed by atoms with Crippen LogP contribution in [0.1, 0.15) is 64.7 Å². The monoisotopic (exact) mass is 267 g/mol. The molecular formula is C16H29NS. The van der Waals surface area contributed by atoms with E-state index in [9.17, 15) is 0 Å². The van der Waals surface area contributed by atoms with Crippen LogP contribution in [0.15, 0.2) is 0 Å². The average Bonchev–Trinajstić information content (AvgIpc) is 3.15. The number of hydrogen-bond acceptors (Lipinski definition) is 2. The highest BCUT2D eigenvalue weighted by molar-refractivity contribution is 7.99. The normalized spacial score (nSPS) is 41.2. The summed E-state index contributed by atoms with van der Waals surface area (Å²) in [5, 5.41) is 4.96. The Kier molecular flexibility index (Phi) is 4.56. The summed E-state index contributed by atoms with van der Waals surface area (Å²) in [6.07, 6.45) is 13.4. The lowest BCUT2D eigenvalue weighted by molar-refractivity contribution is 0.247. The molecule has 0 aromatic carbocycles. The molecule has 3 aliphatic carbocycles. The first-order chi connectivity index (χ1) is 8.86. The van der Waals surface area contributed by atoms with Crippen LogP contribution in [0.2, 0.25) is 0 Å². The van der Waals surface area contributed by atoms with Crippen molar-refractivity contribution in [1.29, 1.82) is 0 Å². The summed E-state index contributed by atoms with van der Waals surface area (Å²) in [5.41, 5.74) is 0. The van der Waals surface area contributed by atoms with E-state index < -0.39 is 0 Å². The van der Waals surface area contributed by atoms with Gasteiger partial charge in [-0.05, 0) is 56.1 Å². The molecule has 0 bridgehead atoms. The van der Waals surface area contributed by atoms with Crippen molar-refractivity contribution in [2.24, 2.45) is 11.8 Å². The van der Waals surface area contributed by atoms with Gasteiger partial charge in [0, 0.05) is 17.3 Å². The first-order valence-corrected chi connectivity index (χ1v) is 9.29. The lowest BCUT2D eigenvalue weighted by Crippen LogP contribution is -2.44. The summed E-state index contributed by atoms with van der Waals surface area (Å²) in [6, 6.07) is 1.69. The highest BCUT2D eigenvalue weighted by Gasteiger charge is 2.36. The maximum atomic E-state index is 4.04. The second kappa shape index (κ2) is 6.17. The molecule has 0 amide bonds. The minimum atomic E-state index is 0.831. The van der Waals surface area contributed by atoms with E-state index in [1.54, 1.807) is 0 Å². The molecule has 3 aliphatic rings. The van der Waals surface area contributed by atoms with E-state index in [0.717, 1.165) is 29.2 Å². The second-order valence-electron chi connectivity index (χ2n) is 6.66. The Bertz CT molecular complexity index is 264. The quantitative estimate of drug-likeness (QED) is 0.800. The number of thioether (sulfide) groups is 1. The SMILES string of the molecule is CCSC1CCCC1NC1CCCC(C2CC2)C1. The molecule has 0 aromatic heterocycles. The largest absolute Gasteiger partial charge is 0.310 e. The number of rotatable bonds is 5. The molecule has 1 N–H and O–H groups in total. The highest BCUT2D eigenvalue weighted by atomic mass is 32.2. The Hall–Kier alpha value is 0.310. The van der Waals surface area contributed by atoms with Gasteiger partial charge in [-0.2, -0.15) is 11.8 Å². The van der Waals surface area contributed by atoms with E-state index in [4.69, 9.17) is 0 Å². The van der Waals surface area contributed by atoms with Crippen molar-refractivity contribution >= 4 is 11.8 Å². The topological polar surface area (TPSA) is 12.0 Å². The van der Waals surface area contributed by atoms with Crippen molar-refractivity contribution in [2.75, 3.05) is 5.75 Å². The summed E-state index contributed by atoms with van der Waals surface area (Å²) >= 11 is 2.19. The van der Waals surface area contributed by atoms with E-state index in [2.05, 4.69) is 24.0 Å². The molecule has 0 heterocycles.